The monoisotopic (exact) mass is 224 g/mol. The molecule has 1 aliphatic heterocycles. The maximum absolute atomic E-state index is 4.66. The minimum atomic E-state index is 0.665. The van der Waals surface area contributed by atoms with Gasteiger partial charge in [-0.1, -0.05) is 6.42 Å². The van der Waals surface area contributed by atoms with Gasteiger partial charge in [0.1, 0.15) is 5.82 Å². The van der Waals surface area contributed by atoms with Gasteiger partial charge in [0, 0.05) is 43.6 Å². The van der Waals surface area contributed by atoms with Gasteiger partial charge in [-0.25, -0.2) is 4.98 Å². The summed E-state index contributed by atoms with van der Waals surface area (Å²) in [6.07, 6.45) is 3.93. The second-order valence-electron chi connectivity index (χ2n) is 4.30. The summed E-state index contributed by atoms with van der Waals surface area (Å²) in [5.74, 6) is 1.76. The third-order valence-corrected chi connectivity index (χ3v) is 4.08. The summed E-state index contributed by atoms with van der Waals surface area (Å²) < 4.78 is 4.48. The van der Waals surface area contributed by atoms with Gasteiger partial charge in [-0.05, 0) is 12.8 Å². The van der Waals surface area contributed by atoms with E-state index in [2.05, 4.69) is 19.6 Å². The van der Waals surface area contributed by atoms with Crippen LogP contribution in [0.1, 0.15) is 31.0 Å². The van der Waals surface area contributed by atoms with Crippen LogP contribution in [-0.2, 0) is 0 Å². The molecule has 0 atom stereocenters. The Hall–Kier alpha value is -0.680. The number of hydrogen-bond donors (Lipinski definition) is 1. The molecule has 2 fully saturated rings. The van der Waals surface area contributed by atoms with E-state index in [0.717, 1.165) is 37.1 Å². The summed E-state index contributed by atoms with van der Waals surface area (Å²) in [6, 6.07) is 0. The van der Waals surface area contributed by atoms with Crippen molar-refractivity contribution in [2.24, 2.45) is 0 Å². The molecule has 0 amide bonds. The lowest BCUT2D eigenvalue weighted by molar-refractivity contribution is 0.404. The standard InChI is InChI=1S/C10H16N4S/c1-2-8(3-1)9-12-10(15-13-9)14-6-4-11-5-7-14/h8,11H,1-7H2. The predicted octanol–water partition coefficient (Wildman–Crippen LogP) is 1.22. The van der Waals surface area contributed by atoms with Crippen molar-refractivity contribution in [3.8, 4) is 0 Å². The quantitative estimate of drug-likeness (QED) is 0.820. The molecule has 82 valence electrons. The Morgan fingerprint density at radius 3 is 2.73 bits per heavy atom. The van der Waals surface area contributed by atoms with Gasteiger partial charge in [0.05, 0.1) is 0 Å². The van der Waals surface area contributed by atoms with Crippen molar-refractivity contribution in [3.63, 3.8) is 0 Å². The molecule has 1 aliphatic carbocycles. The van der Waals surface area contributed by atoms with Crippen molar-refractivity contribution >= 4 is 16.7 Å². The first-order valence-corrected chi connectivity index (χ1v) is 6.50. The van der Waals surface area contributed by atoms with Crippen molar-refractivity contribution in [2.45, 2.75) is 25.2 Å². The van der Waals surface area contributed by atoms with E-state index in [9.17, 15) is 0 Å². The molecular weight excluding hydrogens is 208 g/mol. The average Bonchev–Trinajstić information content (AvgIpc) is 2.66. The van der Waals surface area contributed by atoms with E-state index >= 15 is 0 Å². The Balaban J connectivity index is 1.71. The molecule has 0 spiro atoms. The first-order valence-electron chi connectivity index (χ1n) is 5.73. The number of nitrogens with one attached hydrogen (secondary N) is 1. The van der Waals surface area contributed by atoms with Gasteiger partial charge in [-0.2, -0.15) is 4.37 Å². The second-order valence-corrected chi connectivity index (χ2v) is 5.03. The largest absolute Gasteiger partial charge is 0.344 e. The molecule has 0 bridgehead atoms. The van der Waals surface area contributed by atoms with Gasteiger partial charge in [0.2, 0.25) is 5.13 Å². The number of hydrogen-bond acceptors (Lipinski definition) is 5. The van der Waals surface area contributed by atoms with Gasteiger partial charge >= 0.3 is 0 Å². The zero-order valence-corrected chi connectivity index (χ0v) is 9.59. The van der Waals surface area contributed by atoms with Crippen LogP contribution in [0.15, 0.2) is 0 Å². The first-order chi connectivity index (χ1) is 7.43. The van der Waals surface area contributed by atoms with E-state index < -0.39 is 0 Å². The van der Waals surface area contributed by atoms with Gasteiger partial charge in [0.25, 0.3) is 0 Å². The van der Waals surface area contributed by atoms with Crippen LogP contribution in [0.25, 0.3) is 0 Å². The summed E-state index contributed by atoms with van der Waals surface area (Å²) in [6.45, 7) is 4.27. The molecule has 3 rings (SSSR count). The number of aromatic nitrogens is 2. The molecule has 5 heteroatoms. The molecule has 2 heterocycles. The van der Waals surface area contributed by atoms with Crippen molar-refractivity contribution in [3.05, 3.63) is 5.82 Å². The zero-order chi connectivity index (χ0) is 10.1. The summed E-state index contributed by atoms with van der Waals surface area (Å²) in [5.41, 5.74) is 0. The Kier molecular flexibility index (Phi) is 2.58. The van der Waals surface area contributed by atoms with Gasteiger partial charge < -0.3 is 10.2 Å². The first kappa shape index (κ1) is 9.54. The van der Waals surface area contributed by atoms with Crippen LogP contribution < -0.4 is 10.2 Å². The Morgan fingerprint density at radius 1 is 1.27 bits per heavy atom. The molecule has 0 radical (unpaired) electrons. The normalized spacial score (nSPS) is 22.8. The van der Waals surface area contributed by atoms with E-state index in [1.165, 1.54) is 19.3 Å². The lowest BCUT2D eigenvalue weighted by Gasteiger charge is -2.26. The molecule has 4 nitrogen and oxygen atoms in total. The second kappa shape index (κ2) is 4.06. The fourth-order valence-electron chi connectivity index (χ4n) is 2.04. The summed E-state index contributed by atoms with van der Waals surface area (Å²) >= 11 is 1.57. The van der Waals surface area contributed by atoms with Crippen LogP contribution in [-0.4, -0.2) is 35.5 Å². The minimum Gasteiger partial charge on any atom is -0.344 e. The van der Waals surface area contributed by atoms with Gasteiger partial charge in [-0.3, -0.25) is 0 Å². The van der Waals surface area contributed by atoms with Crippen LogP contribution >= 0.6 is 11.5 Å². The molecule has 1 N–H and O–H groups in total. The van der Waals surface area contributed by atoms with Crippen molar-refractivity contribution in [2.75, 3.05) is 31.1 Å². The minimum absolute atomic E-state index is 0.665. The number of rotatable bonds is 2. The fraction of sp³-hybridized carbons (Fsp3) is 0.800. The lowest BCUT2D eigenvalue weighted by atomic mass is 9.85. The molecule has 15 heavy (non-hydrogen) atoms. The third kappa shape index (κ3) is 1.86. The lowest BCUT2D eigenvalue weighted by Crippen LogP contribution is -2.43. The van der Waals surface area contributed by atoms with Crippen LogP contribution in [0.3, 0.4) is 0 Å². The molecule has 0 unspecified atom stereocenters. The van der Waals surface area contributed by atoms with Crippen molar-refractivity contribution < 1.29 is 0 Å². The molecule has 1 saturated carbocycles. The van der Waals surface area contributed by atoms with E-state index in [4.69, 9.17) is 0 Å². The Morgan fingerprint density at radius 2 is 2.07 bits per heavy atom. The summed E-state index contributed by atoms with van der Waals surface area (Å²) in [7, 11) is 0. The Labute approximate surface area is 93.9 Å². The zero-order valence-electron chi connectivity index (χ0n) is 8.78. The van der Waals surface area contributed by atoms with E-state index in [1.807, 2.05) is 0 Å². The molecule has 2 aliphatic rings. The van der Waals surface area contributed by atoms with Gasteiger partial charge in [0.15, 0.2) is 0 Å². The third-order valence-electron chi connectivity index (χ3n) is 3.29. The van der Waals surface area contributed by atoms with Crippen molar-refractivity contribution in [1.82, 2.24) is 14.7 Å². The van der Waals surface area contributed by atoms with Gasteiger partial charge in [-0.15, -0.1) is 0 Å². The Bertz CT molecular complexity index is 328. The summed E-state index contributed by atoms with van der Waals surface area (Å²) in [5, 5.41) is 4.47. The molecule has 1 aromatic rings. The predicted molar refractivity (Wildman–Crippen MR) is 61.6 cm³/mol. The maximum Gasteiger partial charge on any atom is 0.205 e. The number of nitrogens with zero attached hydrogens (tertiary/aromatic N) is 3. The summed E-state index contributed by atoms with van der Waals surface area (Å²) in [4.78, 5) is 7.01. The number of piperazine rings is 1. The highest BCUT2D eigenvalue weighted by Gasteiger charge is 2.25. The van der Waals surface area contributed by atoms with Crippen LogP contribution in [0.4, 0.5) is 5.13 Å². The van der Waals surface area contributed by atoms with E-state index in [-0.39, 0.29) is 0 Å². The van der Waals surface area contributed by atoms with E-state index in [0.29, 0.717) is 5.92 Å². The van der Waals surface area contributed by atoms with Crippen molar-refractivity contribution in [1.29, 1.82) is 0 Å². The highest BCUT2D eigenvalue weighted by Crippen LogP contribution is 2.36. The fourth-order valence-corrected chi connectivity index (χ4v) is 2.84. The molecule has 0 aromatic carbocycles. The highest BCUT2D eigenvalue weighted by molar-refractivity contribution is 7.09. The maximum atomic E-state index is 4.66. The van der Waals surface area contributed by atoms with E-state index in [1.54, 1.807) is 11.5 Å². The SMILES string of the molecule is C1CC(c2nsc(N3CCNCC3)n2)C1. The van der Waals surface area contributed by atoms with Crippen LogP contribution in [0, 0.1) is 0 Å². The highest BCUT2D eigenvalue weighted by atomic mass is 32.1. The average molecular weight is 224 g/mol. The smallest absolute Gasteiger partial charge is 0.205 e. The topological polar surface area (TPSA) is 41.1 Å². The molecule has 1 aromatic heterocycles. The van der Waals surface area contributed by atoms with Crippen LogP contribution in [0.2, 0.25) is 0 Å². The van der Waals surface area contributed by atoms with Crippen LogP contribution in [0.5, 0.6) is 0 Å². The molecular formula is C10H16N4S. The number of anilines is 1. The molecule has 1 saturated heterocycles.